The van der Waals surface area contributed by atoms with Gasteiger partial charge in [0.2, 0.25) is 10.0 Å². The summed E-state index contributed by atoms with van der Waals surface area (Å²) in [7, 11) is -3.44. The van der Waals surface area contributed by atoms with Crippen molar-refractivity contribution < 1.29 is 8.42 Å². The lowest BCUT2D eigenvalue weighted by Crippen LogP contribution is -2.22. The van der Waals surface area contributed by atoms with E-state index >= 15 is 0 Å². The highest BCUT2D eigenvalue weighted by Gasteiger charge is 2.17. The van der Waals surface area contributed by atoms with Gasteiger partial charge in [-0.05, 0) is 38.6 Å². The Morgan fingerprint density at radius 1 is 1.33 bits per heavy atom. The van der Waals surface area contributed by atoms with Crippen molar-refractivity contribution in [3.05, 3.63) is 33.1 Å². The van der Waals surface area contributed by atoms with Crippen LogP contribution in [0.4, 0.5) is 0 Å². The molecule has 0 atom stereocenters. The second-order valence-corrected chi connectivity index (χ2v) is 8.64. The molecule has 0 unspecified atom stereocenters. The molecule has 21 heavy (non-hydrogen) atoms. The zero-order valence-electron chi connectivity index (χ0n) is 12.0. The van der Waals surface area contributed by atoms with Crippen LogP contribution < -0.4 is 10.0 Å². The quantitative estimate of drug-likeness (QED) is 0.719. The number of sulfonamides is 1. The lowest BCUT2D eigenvalue weighted by Gasteiger charge is -2.02. The van der Waals surface area contributed by atoms with Crippen LogP contribution in [0.15, 0.2) is 21.7 Å². The molecule has 5 nitrogen and oxygen atoms in total. The van der Waals surface area contributed by atoms with E-state index in [-0.39, 0.29) is 6.54 Å². The summed E-state index contributed by atoms with van der Waals surface area (Å²) in [6, 6.07) is 3.55. The van der Waals surface area contributed by atoms with E-state index in [4.69, 9.17) is 0 Å². The van der Waals surface area contributed by atoms with Gasteiger partial charge in [-0.15, -0.1) is 22.7 Å². The molecule has 0 saturated carbocycles. The van der Waals surface area contributed by atoms with Gasteiger partial charge in [0.1, 0.15) is 9.22 Å². The van der Waals surface area contributed by atoms with Gasteiger partial charge in [-0.3, -0.25) is 0 Å². The van der Waals surface area contributed by atoms with Gasteiger partial charge in [-0.25, -0.2) is 18.1 Å². The number of hydrogen-bond donors (Lipinski definition) is 2. The van der Waals surface area contributed by atoms with Crippen molar-refractivity contribution in [3.8, 4) is 0 Å². The lowest BCUT2D eigenvalue weighted by atomic mass is 10.3. The highest BCUT2D eigenvalue weighted by atomic mass is 32.2. The van der Waals surface area contributed by atoms with Crippen LogP contribution in [-0.2, 0) is 23.0 Å². The van der Waals surface area contributed by atoms with Crippen molar-refractivity contribution in [2.75, 3.05) is 13.1 Å². The number of nitrogens with one attached hydrogen (secondary N) is 2. The molecule has 2 heterocycles. The number of thiophene rings is 1. The van der Waals surface area contributed by atoms with Crippen LogP contribution in [-0.4, -0.2) is 26.5 Å². The maximum absolute atomic E-state index is 12.2. The summed E-state index contributed by atoms with van der Waals surface area (Å²) in [6.07, 6.45) is 0.847. The average Bonchev–Trinajstić information content (AvgIpc) is 3.06. The summed E-state index contributed by atoms with van der Waals surface area (Å²) in [6.45, 7) is 5.97. The van der Waals surface area contributed by atoms with Gasteiger partial charge in [0, 0.05) is 16.0 Å². The molecule has 0 saturated heterocycles. The third-order valence-electron chi connectivity index (χ3n) is 2.78. The van der Waals surface area contributed by atoms with E-state index < -0.39 is 10.0 Å². The molecule has 0 radical (unpaired) electrons. The number of thiazole rings is 1. The fraction of sp³-hybridized carbons (Fsp3) is 0.462. The predicted molar refractivity (Wildman–Crippen MR) is 87.4 cm³/mol. The fourth-order valence-electron chi connectivity index (χ4n) is 1.74. The van der Waals surface area contributed by atoms with Crippen LogP contribution in [0.2, 0.25) is 0 Å². The largest absolute Gasteiger partial charge is 0.317 e. The van der Waals surface area contributed by atoms with Gasteiger partial charge < -0.3 is 5.32 Å². The Balaban J connectivity index is 1.95. The smallest absolute Gasteiger partial charge is 0.250 e. The molecule has 8 heteroatoms. The predicted octanol–water partition coefficient (Wildman–Crippen LogP) is 2.14. The van der Waals surface area contributed by atoms with Crippen molar-refractivity contribution in [2.45, 2.75) is 31.0 Å². The number of rotatable bonds is 8. The molecule has 0 aromatic carbocycles. The van der Waals surface area contributed by atoms with E-state index in [0.717, 1.165) is 35.1 Å². The Bertz CT molecular complexity index is 676. The van der Waals surface area contributed by atoms with E-state index in [2.05, 4.69) is 21.9 Å². The maximum Gasteiger partial charge on any atom is 0.250 e. The molecule has 2 aromatic rings. The Labute approximate surface area is 133 Å². The first-order valence-electron chi connectivity index (χ1n) is 6.71. The molecule has 2 N–H and O–H groups in total. The summed E-state index contributed by atoms with van der Waals surface area (Å²) in [5.41, 5.74) is 0.913. The fourth-order valence-corrected chi connectivity index (χ4v) is 4.93. The molecule has 0 aliphatic carbocycles. The van der Waals surface area contributed by atoms with Crippen LogP contribution in [0.5, 0.6) is 0 Å². The van der Waals surface area contributed by atoms with E-state index in [9.17, 15) is 8.42 Å². The lowest BCUT2D eigenvalue weighted by molar-refractivity contribution is 0.583. The zero-order valence-corrected chi connectivity index (χ0v) is 14.5. The van der Waals surface area contributed by atoms with Gasteiger partial charge in [0.25, 0.3) is 0 Å². The molecule has 0 amide bonds. The third-order valence-corrected chi connectivity index (χ3v) is 6.78. The van der Waals surface area contributed by atoms with Crippen LogP contribution in [0.3, 0.4) is 0 Å². The van der Waals surface area contributed by atoms with Crippen molar-refractivity contribution in [3.63, 3.8) is 0 Å². The SMILES string of the molecule is CCNCCc1ccc(S(=O)(=O)NCc2nc(C)cs2)s1. The van der Waals surface area contributed by atoms with E-state index in [1.807, 2.05) is 18.4 Å². The molecule has 2 aromatic heterocycles. The summed E-state index contributed by atoms with van der Waals surface area (Å²) in [5.74, 6) is 0. The molecule has 0 aliphatic heterocycles. The number of nitrogens with zero attached hydrogens (tertiary/aromatic N) is 1. The molecular weight excluding hydrogens is 326 g/mol. The molecule has 2 rings (SSSR count). The first kappa shape index (κ1) is 16.6. The standard InChI is InChI=1S/C13H19N3O2S3/c1-3-14-7-6-11-4-5-13(20-11)21(17,18)15-8-12-16-10(2)9-19-12/h4-5,9,14-15H,3,6-8H2,1-2H3. The molecular formula is C13H19N3O2S3. The first-order valence-corrected chi connectivity index (χ1v) is 9.89. The maximum atomic E-state index is 12.2. The highest BCUT2D eigenvalue weighted by molar-refractivity contribution is 7.91. The van der Waals surface area contributed by atoms with Crippen molar-refractivity contribution in [1.82, 2.24) is 15.0 Å². The van der Waals surface area contributed by atoms with Gasteiger partial charge in [-0.2, -0.15) is 0 Å². The summed E-state index contributed by atoms with van der Waals surface area (Å²) >= 11 is 2.78. The second-order valence-electron chi connectivity index (χ2n) is 4.53. The monoisotopic (exact) mass is 345 g/mol. The minimum absolute atomic E-state index is 0.242. The first-order chi connectivity index (χ1) is 10.0. The summed E-state index contributed by atoms with van der Waals surface area (Å²) in [4.78, 5) is 5.32. The molecule has 116 valence electrons. The number of aryl methyl sites for hydroxylation is 1. The Morgan fingerprint density at radius 3 is 2.81 bits per heavy atom. The van der Waals surface area contributed by atoms with Crippen LogP contribution in [0, 0.1) is 6.92 Å². The van der Waals surface area contributed by atoms with Gasteiger partial charge in [-0.1, -0.05) is 6.92 Å². The molecule has 0 bridgehead atoms. The highest BCUT2D eigenvalue weighted by Crippen LogP contribution is 2.22. The topological polar surface area (TPSA) is 71.1 Å². The Hall–Kier alpha value is -0.800. The van der Waals surface area contributed by atoms with Crippen molar-refractivity contribution >= 4 is 32.7 Å². The second kappa shape index (κ2) is 7.46. The molecule has 0 spiro atoms. The minimum atomic E-state index is -3.44. The minimum Gasteiger partial charge on any atom is -0.317 e. The summed E-state index contributed by atoms with van der Waals surface area (Å²) in [5, 5.41) is 5.92. The zero-order chi connectivity index (χ0) is 15.3. The van der Waals surface area contributed by atoms with Crippen LogP contribution in [0.25, 0.3) is 0 Å². The molecule has 0 fully saturated rings. The average molecular weight is 346 g/mol. The van der Waals surface area contributed by atoms with Crippen molar-refractivity contribution in [1.29, 1.82) is 0 Å². The van der Waals surface area contributed by atoms with E-state index in [1.54, 1.807) is 6.07 Å². The van der Waals surface area contributed by atoms with Gasteiger partial charge in [0.05, 0.1) is 6.54 Å². The van der Waals surface area contributed by atoms with Gasteiger partial charge in [0.15, 0.2) is 0 Å². The van der Waals surface area contributed by atoms with Crippen molar-refractivity contribution in [2.24, 2.45) is 0 Å². The Morgan fingerprint density at radius 2 is 2.14 bits per heavy atom. The number of aromatic nitrogens is 1. The summed E-state index contributed by atoms with van der Waals surface area (Å²) < 4.78 is 27.4. The van der Waals surface area contributed by atoms with E-state index in [0.29, 0.717) is 4.21 Å². The van der Waals surface area contributed by atoms with Crippen LogP contribution in [0.1, 0.15) is 22.5 Å². The third kappa shape index (κ3) is 4.86. The van der Waals surface area contributed by atoms with Gasteiger partial charge >= 0.3 is 0 Å². The number of hydrogen-bond acceptors (Lipinski definition) is 6. The number of likely N-dealkylation sites (N-methyl/N-ethyl adjacent to an activating group) is 1. The Kier molecular flexibility index (Phi) is 5.88. The van der Waals surface area contributed by atoms with Crippen LogP contribution >= 0.6 is 22.7 Å². The normalized spacial score (nSPS) is 11.9. The van der Waals surface area contributed by atoms with E-state index in [1.165, 1.54) is 22.7 Å². The molecule has 0 aliphatic rings.